The van der Waals surface area contributed by atoms with Crippen LogP contribution in [0.2, 0.25) is 0 Å². The maximum Gasteiger partial charge on any atom is 0.416 e. The lowest BCUT2D eigenvalue weighted by Crippen LogP contribution is -2.05. The van der Waals surface area contributed by atoms with E-state index in [1.165, 1.54) is 12.3 Å². The molecule has 132 valence electrons. The van der Waals surface area contributed by atoms with E-state index in [9.17, 15) is 13.2 Å². The molecule has 0 atom stereocenters. The van der Waals surface area contributed by atoms with E-state index in [1.54, 1.807) is 41.9 Å². The fraction of sp³-hybridized carbons (Fsp3) is 0.111. The van der Waals surface area contributed by atoms with Gasteiger partial charge in [-0.15, -0.1) is 10.2 Å². The average Bonchev–Trinajstić information content (AvgIpc) is 3.34. The van der Waals surface area contributed by atoms with Crippen LogP contribution < -0.4 is 0 Å². The Bertz CT molecular complexity index is 1050. The first-order valence-electron chi connectivity index (χ1n) is 7.64. The molecule has 0 aliphatic carbocycles. The molecule has 1 aromatic carbocycles. The topological polar surface area (TPSA) is 57.0 Å². The van der Waals surface area contributed by atoms with E-state index < -0.39 is 11.7 Å². The molecule has 4 aromatic rings. The summed E-state index contributed by atoms with van der Waals surface area (Å²) in [6, 6.07) is 12.0. The molecule has 0 aliphatic rings. The summed E-state index contributed by atoms with van der Waals surface area (Å²) in [5, 5.41) is 7.92. The minimum Gasteiger partial charge on any atom is -0.459 e. The zero-order valence-electron chi connectivity index (χ0n) is 13.5. The quantitative estimate of drug-likeness (QED) is 0.515. The highest BCUT2D eigenvalue weighted by Crippen LogP contribution is 2.34. The molecule has 26 heavy (non-hydrogen) atoms. The largest absolute Gasteiger partial charge is 0.459 e. The molecule has 0 saturated heterocycles. The van der Waals surface area contributed by atoms with Gasteiger partial charge in [0, 0.05) is 12.7 Å². The minimum atomic E-state index is -4.39. The molecule has 0 spiro atoms. The van der Waals surface area contributed by atoms with Crippen LogP contribution in [0.4, 0.5) is 13.2 Å². The molecule has 0 saturated carbocycles. The van der Waals surface area contributed by atoms with Gasteiger partial charge in [-0.25, -0.2) is 0 Å². The summed E-state index contributed by atoms with van der Waals surface area (Å²) >= 11 is 0. The van der Waals surface area contributed by atoms with Gasteiger partial charge in [-0.05, 0) is 42.0 Å². The lowest BCUT2D eigenvalue weighted by molar-refractivity contribution is -0.137. The van der Waals surface area contributed by atoms with Crippen molar-refractivity contribution < 1.29 is 22.0 Å². The molecule has 5 nitrogen and oxygen atoms in total. The van der Waals surface area contributed by atoms with Crippen LogP contribution in [-0.2, 0) is 13.2 Å². The highest BCUT2D eigenvalue weighted by molar-refractivity contribution is 5.67. The van der Waals surface area contributed by atoms with E-state index in [0.29, 0.717) is 22.7 Å². The molecule has 3 aromatic heterocycles. The number of alkyl halides is 3. The summed E-state index contributed by atoms with van der Waals surface area (Å²) < 4.78 is 51.3. The summed E-state index contributed by atoms with van der Waals surface area (Å²) in [6.07, 6.45) is -2.90. The van der Waals surface area contributed by atoms with Gasteiger partial charge >= 0.3 is 6.18 Å². The third-order valence-corrected chi connectivity index (χ3v) is 3.98. The van der Waals surface area contributed by atoms with E-state index >= 15 is 0 Å². The molecular weight excluding hydrogens is 347 g/mol. The Morgan fingerprint density at radius 3 is 2.42 bits per heavy atom. The van der Waals surface area contributed by atoms with Crippen LogP contribution in [0.3, 0.4) is 0 Å². The molecule has 8 heteroatoms. The average molecular weight is 359 g/mol. The van der Waals surface area contributed by atoms with E-state index in [0.717, 1.165) is 12.1 Å². The van der Waals surface area contributed by atoms with Gasteiger partial charge in [0.1, 0.15) is 5.69 Å². The highest BCUT2D eigenvalue weighted by atomic mass is 19.4. The van der Waals surface area contributed by atoms with Gasteiger partial charge in [0.25, 0.3) is 11.8 Å². The molecule has 0 aliphatic heterocycles. The van der Waals surface area contributed by atoms with E-state index in [4.69, 9.17) is 8.83 Å². The normalized spacial score (nSPS) is 11.8. The van der Waals surface area contributed by atoms with E-state index in [2.05, 4.69) is 10.2 Å². The second-order valence-electron chi connectivity index (χ2n) is 5.63. The zero-order valence-corrected chi connectivity index (χ0v) is 13.5. The fourth-order valence-corrected chi connectivity index (χ4v) is 2.70. The predicted molar refractivity (Wildman–Crippen MR) is 86.8 cm³/mol. The highest BCUT2D eigenvalue weighted by Gasteiger charge is 2.30. The summed E-state index contributed by atoms with van der Waals surface area (Å²) in [6.45, 7) is 0. The number of aromatic nitrogens is 3. The minimum absolute atomic E-state index is 0.229. The van der Waals surface area contributed by atoms with Crippen molar-refractivity contribution in [1.29, 1.82) is 0 Å². The van der Waals surface area contributed by atoms with Crippen molar-refractivity contribution in [2.45, 2.75) is 6.18 Å². The van der Waals surface area contributed by atoms with Crippen LogP contribution in [0.15, 0.2) is 63.6 Å². The second-order valence-corrected chi connectivity index (χ2v) is 5.63. The third-order valence-electron chi connectivity index (χ3n) is 3.98. The monoisotopic (exact) mass is 359 g/mol. The lowest BCUT2D eigenvalue weighted by atomic mass is 10.1. The number of hydrogen-bond acceptors (Lipinski definition) is 4. The molecular formula is C18H12F3N3O2. The van der Waals surface area contributed by atoms with Crippen LogP contribution >= 0.6 is 0 Å². The van der Waals surface area contributed by atoms with Gasteiger partial charge in [-0.1, -0.05) is 12.1 Å². The summed E-state index contributed by atoms with van der Waals surface area (Å²) in [4.78, 5) is 0. The van der Waals surface area contributed by atoms with Crippen molar-refractivity contribution in [2.75, 3.05) is 0 Å². The van der Waals surface area contributed by atoms with Crippen molar-refractivity contribution in [3.63, 3.8) is 0 Å². The summed E-state index contributed by atoms with van der Waals surface area (Å²) in [5.41, 5.74) is 0.932. The number of furan rings is 1. The van der Waals surface area contributed by atoms with Gasteiger partial charge in [-0.3, -0.25) is 0 Å². The predicted octanol–water partition coefficient (Wildman–Crippen LogP) is 5.02. The Labute approximate surface area is 145 Å². The van der Waals surface area contributed by atoms with Gasteiger partial charge < -0.3 is 13.4 Å². The number of benzene rings is 1. The number of halogens is 3. The molecule has 0 amide bonds. The second kappa shape index (κ2) is 5.91. The van der Waals surface area contributed by atoms with E-state index in [-0.39, 0.29) is 11.8 Å². The Hall–Kier alpha value is -3.29. The SMILES string of the molecule is Cn1c(-c2cccc(C(F)(F)F)c2)ccc1-c1nnc(-c2ccco2)o1. The van der Waals surface area contributed by atoms with Crippen molar-refractivity contribution >= 4 is 0 Å². The molecule has 3 heterocycles. The molecule has 0 unspecified atom stereocenters. The van der Waals surface area contributed by atoms with Gasteiger partial charge in [0.2, 0.25) is 0 Å². The van der Waals surface area contributed by atoms with E-state index in [1.807, 2.05) is 0 Å². The third kappa shape index (κ3) is 2.79. The molecule has 0 N–H and O–H groups in total. The van der Waals surface area contributed by atoms with Crippen LogP contribution in [0.25, 0.3) is 34.5 Å². The first-order valence-corrected chi connectivity index (χ1v) is 7.64. The summed E-state index contributed by atoms with van der Waals surface area (Å²) in [7, 11) is 1.72. The van der Waals surface area contributed by atoms with Gasteiger partial charge in [-0.2, -0.15) is 13.2 Å². The van der Waals surface area contributed by atoms with Crippen LogP contribution in [0.1, 0.15) is 5.56 Å². The smallest absolute Gasteiger partial charge is 0.416 e. The Morgan fingerprint density at radius 1 is 0.923 bits per heavy atom. The first kappa shape index (κ1) is 16.2. The van der Waals surface area contributed by atoms with Crippen molar-refractivity contribution in [3.05, 3.63) is 60.4 Å². The van der Waals surface area contributed by atoms with Gasteiger partial charge in [0.05, 0.1) is 11.8 Å². The van der Waals surface area contributed by atoms with Crippen molar-refractivity contribution in [2.24, 2.45) is 7.05 Å². The van der Waals surface area contributed by atoms with Gasteiger partial charge in [0.15, 0.2) is 5.76 Å². The maximum atomic E-state index is 12.9. The Morgan fingerprint density at radius 2 is 1.69 bits per heavy atom. The first-order chi connectivity index (χ1) is 12.4. The Kier molecular flexibility index (Phi) is 3.68. The molecule has 0 radical (unpaired) electrons. The molecule has 4 rings (SSSR count). The van der Waals surface area contributed by atoms with Crippen LogP contribution in [0.5, 0.6) is 0 Å². The number of rotatable bonds is 3. The van der Waals surface area contributed by atoms with Crippen molar-refractivity contribution in [1.82, 2.24) is 14.8 Å². The summed E-state index contributed by atoms with van der Waals surface area (Å²) in [5.74, 6) is 0.917. The standard InChI is InChI=1S/C18H12F3N3O2/c1-24-13(11-4-2-5-12(10-11)18(19,20)21)7-8-14(24)16-22-23-17(26-16)15-6-3-9-25-15/h2-10H,1H3. The Balaban J connectivity index is 1.71. The van der Waals surface area contributed by atoms with Crippen LogP contribution in [0, 0.1) is 0 Å². The maximum absolute atomic E-state index is 12.9. The number of nitrogens with zero attached hydrogens (tertiary/aromatic N) is 3. The zero-order chi connectivity index (χ0) is 18.3. The van der Waals surface area contributed by atoms with Crippen molar-refractivity contribution in [3.8, 4) is 34.5 Å². The molecule has 0 bridgehead atoms. The molecule has 0 fully saturated rings. The van der Waals surface area contributed by atoms with Crippen LogP contribution in [-0.4, -0.2) is 14.8 Å². The fourth-order valence-electron chi connectivity index (χ4n) is 2.70. The number of hydrogen-bond donors (Lipinski definition) is 0. The lowest BCUT2D eigenvalue weighted by Gasteiger charge is -2.10.